The molecule has 0 heterocycles. The number of benzene rings is 1. The summed E-state index contributed by atoms with van der Waals surface area (Å²) in [5, 5.41) is 8.83. The smallest absolute Gasteiger partial charge is 0.323 e. The molecule has 5 heteroatoms. The summed E-state index contributed by atoms with van der Waals surface area (Å²) in [7, 11) is 0. The van der Waals surface area contributed by atoms with Crippen LogP contribution in [0.25, 0.3) is 0 Å². The molecule has 0 bridgehead atoms. The molecule has 0 fully saturated rings. The van der Waals surface area contributed by atoms with Gasteiger partial charge in [-0.2, -0.15) is 0 Å². The van der Waals surface area contributed by atoms with E-state index in [0.717, 1.165) is 10.0 Å². The normalized spacial score (nSPS) is 10.5. The van der Waals surface area contributed by atoms with E-state index < -0.39 is 5.97 Å². The molecule has 1 rings (SSSR count). The van der Waals surface area contributed by atoms with Gasteiger partial charge < -0.3 is 10.0 Å². The third-order valence-corrected chi connectivity index (χ3v) is 3.48. The number of hydrogen-bond donors (Lipinski definition) is 1. The zero-order valence-corrected chi connectivity index (χ0v) is 12.2. The van der Waals surface area contributed by atoms with Crippen LogP contribution >= 0.6 is 15.9 Å². The van der Waals surface area contributed by atoms with E-state index in [-0.39, 0.29) is 18.5 Å². The lowest BCUT2D eigenvalue weighted by molar-refractivity contribution is -0.138. The van der Waals surface area contributed by atoms with Crippen molar-refractivity contribution in [2.24, 2.45) is 0 Å². The Labute approximate surface area is 115 Å². The van der Waals surface area contributed by atoms with Crippen LogP contribution in [0, 0.1) is 6.92 Å². The van der Waals surface area contributed by atoms with Crippen LogP contribution in [0.4, 0.5) is 0 Å². The zero-order valence-electron chi connectivity index (χ0n) is 10.6. The van der Waals surface area contributed by atoms with E-state index in [1.807, 2.05) is 6.92 Å². The molecule has 1 aromatic rings. The van der Waals surface area contributed by atoms with Gasteiger partial charge in [0.05, 0.1) is 0 Å². The lowest BCUT2D eigenvalue weighted by Gasteiger charge is -2.25. The van der Waals surface area contributed by atoms with Crippen molar-refractivity contribution >= 4 is 27.8 Å². The Morgan fingerprint density at radius 3 is 2.44 bits per heavy atom. The maximum absolute atomic E-state index is 12.2. The summed E-state index contributed by atoms with van der Waals surface area (Å²) >= 11 is 3.37. The van der Waals surface area contributed by atoms with E-state index in [0.29, 0.717) is 5.56 Å². The van der Waals surface area contributed by atoms with Gasteiger partial charge in [0.1, 0.15) is 6.54 Å². The molecular formula is C13H16BrNO3. The van der Waals surface area contributed by atoms with Crippen molar-refractivity contribution in [3.8, 4) is 0 Å². The van der Waals surface area contributed by atoms with Crippen LogP contribution in [-0.2, 0) is 4.79 Å². The maximum atomic E-state index is 12.2. The highest BCUT2D eigenvalue weighted by molar-refractivity contribution is 9.10. The lowest BCUT2D eigenvalue weighted by atomic mass is 10.1. The number of aryl methyl sites for hydroxylation is 1. The van der Waals surface area contributed by atoms with Crippen LogP contribution in [0.5, 0.6) is 0 Å². The summed E-state index contributed by atoms with van der Waals surface area (Å²) in [6, 6.07) is 5.08. The van der Waals surface area contributed by atoms with Gasteiger partial charge in [-0.25, -0.2) is 0 Å². The number of rotatable bonds is 4. The number of aliphatic carboxylic acids is 1. The molecule has 0 aliphatic carbocycles. The van der Waals surface area contributed by atoms with Gasteiger partial charge in [-0.1, -0.05) is 15.9 Å². The Morgan fingerprint density at radius 2 is 2.00 bits per heavy atom. The molecule has 98 valence electrons. The zero-order chi connectivity index (χ0) is 13.9. The Hall–Kier alpha value is -1.36. The highest BCUT2D eigenvalue weighted by atomic mass is 79.9. The van der Waals surface area contributed by atoms with Gasteiger partial charge in [-0.3, -0.25) is 9.59 Å². The predicted molar refractivity (Wildman–Crippen MR) is 72.7 cm³/mol. The minimum Gasteiger partial charge on any atom is -0.480 e. The summed E-state index contributed by atoms with van der Waals surface area (Å²) in [5.74, 6) is -1.27. The first-order chi connectivity index (χ1) is 8.32. The Bertz CT molecular complexity index is 471. The monoisotopic (exact) mass is 313 g/mol. The summed E-state index contributed by atoms with van der Waals surface area (Å²) in [5.41, 5.74) is 1.45. The second-order valence-electron chi connectivity index (χ2n) is 4.38. The third kappa shape index (κ3) is 3.57. The van der Waals surface area contributed by atoms with Gasteiger partial charge >= 0.3 is 5.97 Å². The molecule has 0 aliphatic rings. The Morgan fingerprint density at radius 1 is 1.39 bits per heavy atom. The fraction of sp³-hybridized carbons (Fsp3) is 0.385. The molecule has 0 saturated carbocycles. The highest BCUT2D eigenvalue weighted by Crippen LogP contribution is 2.18. The fourth-order valence-electron chi connectivity index (χ4n) is 1.58. The average Bonchev–Trinajstić information content (AvgIpc) is 2.28. The van der Waals surface area contributed by atoms with Gasteiger partial charge in [-0.15, -0.1) is 0 Å². The molecule has 0 aliphatic heterocycles. The number of amides is 1. The molecular weight excluding hydrogens is 298 g/mol. The van der Waals surface area contributed by atoms with Crippen LogP contribution in [-0.4, -0.2) is 34.5 Å². The number of carbonyl (C=O) groups excluding carboxylic acids is 1. The van der Waals surface area contributed by atoms with Crippen molar-refractivity contribution < 1.29 is 14.7 Å². The quantitative estimate of drug-likeness (QED) is 0.929. The second kappa shape index (κ2) is 6.00. The van der Waals surface area contributed by atoms with E-state index >= 15 is 0 Å². The lowest BCUT2D eigenvalue weighted by Crippen LogP contribution is -2.40. The molecule has 0 radical (unpaired) electrons. The van der Waals surface area contributed by atoms with Crippen LogP contribution in [0.2, 0.25) is 0 Å². The number of hydrogen-bond acceptors (Lipinski definition) is 2. The number of carboxylic acid groups (broad SMARTS) is 1. The molecule has 0 saturated heterocycles. The maximum Gasteiger partial charge on any atom is 0.323 e. The fourth-order valence-corrected chi connectivity index (χ4v) is 1.82. The number of carboxylic acids is 1. The van der Waals surface area contributed by atoms with Crippen molar-refractivity contribution in [2.45, 2.75) is 26.8 Å². The molecule has 18 heavy (non-hydrogen) atoms. The SMILES string of the molecule is Cc1cc(C(=O)N(CC(=O)O)C(C)C)ccc1Br. The predicted octanol–water partition coefficient (Wildman–Crippen LogP) is 2.69. The first-order valence-corrected chi connectivity index (χ1v) is 6.41. The number of halogens is 1. The second-order valence-corrected chi connectivity index (χ2v) is 5.24. The van der Waals surface area contributed by atoms with Gasteiger partial charge in [0.2, 0.25) is 0 Å². The molecule has 0 unspecified atom stereocenters. The van der Waals surface area contributed by atoms with E-state index in [1.165, 1.54) is 4.90 Å². The number of carbonyl (C=O) groups is 2. The summed E-state index contributed by atoms with van der Waals surface area (Å²) in [4.78, 5) is 24.3. The topological polar surface area (TPSA) is 57.6 Å². The van der Waals surface area contributed by atoms with Crippen molar-refractivity contribution in [3.05, 3.63) is 33.8 Å². The average molecular weight is 314 g/mol. The molecule has 0 aromatic heterocycles. The first kappa shape index (κ1) is 14.7. The van der Waals surface area contributed by atoms with Crippen LogP contribution in [0.1, 0.15) is 29.8 Å². The van der Waals surface area contributed by atoms with E-state index in [1.54, 1.807) is 32.0 Å². The van der Waals surface area contributed by atoms with Crippen molar-refractivity contribution in [1.29, 1.82) is 0 Å². The van der Waals surface area contributed by atoms with Gasteiger partial charge in [0.15, 0.2) is 0 Å². The first-order valence-electron chi connectivity index (χ1n) is 5.62. The van der Waals surface area contributed by atoms with Gasteiger partial charge in [0, 0.05) is 16.1 Å². The minimum atomic E-state index is -1.01. The van der Waals surface area contributed by atoms with E-state index in [2.05, 4.69) is 15.9 Å². The van der Waals surface area contributed by atoms with Crippen LogP contribution in [0.15, 0.2) is 22.7 Å². The van der Waals surface area contributed by atoms with Crippen molar-refractivity contribution in [1.82, 2.24) is 4.90 Å². The van der Waals surface area contributed by atoms with E-state index in [4.69, 9.17) is 5.11 Å². The molecule has 1 amide bonds. The molecule has 1 aromatic carbocycles. The van der Waals surface area contributed by atoms with Crippen molar-refractivity contribution in [2.75, 3.05) is 6.54 Å². The number of nitrogens with zero attached hydrogens (tertiary/aromatic N) is 1. The largest absolute Gasteiger partial charge is 0.480 e. The van der Waals surface area contributed by atoms with Gasteiger partial charge in [0.25, 0.3) is 5.91 Å². The highest BCUT2D eigenvalue weighted by Gasteiger charge is 2.21. The summed E-state index contributed by atoms with van der Waals surface area (Å²) in [6.07, 6.45) is 0. The minimum absolute atomic E-state index is 0.155. The standard InChI is InChI=1S/C13H16BrNO3/c1-8(2)15(7-12(16)17)13(18)10-4-5-11(14)9(3)6-10/h4-6,8H,7H2,1-3H3,(H,16,17). The van der Waals surface area contributed by atoms with Crippen molar-refractivity contribution in [3.63, 3.8) is 0 Å². The van der Waals surface area contributed by atoms with Gasteiger partial charge in [-0.05, 0) is 44.5 Å². The van der Waals surface area contributed by atoms with E-state index in [9.17, 15) is 9.59 Å². The van der Waals surface area contributed by atoms with Crippen LogP contribution < -0.4 is 0 Å². The molecule has 1 N–H and O–H groups in total. The summed E-state index contributed by atoms with van der Waals surface area (Å²) < 4.78 is 0.924. The molecule has 4 nitrogen and oxygen atoms in total. The Kier molecular flexibility index (Phi) is 4.90. The van der Waals surface area contributed by atoms with Crippen LogP contribution in [0.3, 0.4) is 0 Å². The molecule has 0 spiro atoms. The Balaban J connectivity index is 3.02. The summed E-state index contributed by atoms with van der Waals surface area (Å²) in [6.45, 7) is 5.20. The third-order valence-electron chi connectivity index (χ3n) is 2.59. The molecule has 0 atom stereocenters.